The molecule has 2 N–H and O–H groups in total. The maximum Gasteiger partial charge on any atom is 0.137 e. The van der Waals surface area contributed by atoms with Crippen molar-refractivity contribution in [3.63, 3.8) is 0 Å². The molecule has 0 fully saturated rings. The highest BCUT2D eigenvalue weighted by atomic mass is 79.9. The summed E-state index contributed by atoms with van der Waals surface area (Å²) in [5, 5.41) is 8.76. The topological polar surface area (TPSA) is 59.0 Å². The molecule has 0 aromatic heterocycles. The Balaban J connectivity index is 2.88. The molecule has 1 aromatic rings. The van der Waals surface area contributed by atoms with Crippen molar-refractivity contribution >= 4 is 15.9 Å². The van der Waals surface area contributed by atoms with Crippen LogP contribution in [0.5, 0.6) is 5.75 Å². The van der Waals surface area contributed by atoms with Crippen LogP contribution in [0.1, 0.15) is 5.56 Å². The van der Waals surface area contributed by atoms with Gasteiger partial charge in [-0.15, -0.1) is 0 Å². The van der Waals surface area contributed by atoms with Crippen LogP contribution in [0, 0.1) is 11.3 Å². The van der Waals surface area contributed by atoms with Crippen LogP contribution in [-0.2, 0) is 0 Å². The van der Waals surface area contributed by atoms with E-state index in [1.165, 1.54) is 0 Å². The highest BCUT2D eigenvalue weighted by Gasteiger charge is 2.02. The van der Waals surface area contributed by atoms with Gasteiger partial charge in [0.15, 0.2) is 0 Å². The fraction of sp³-hybridized carbons (Fsp3) is 0.222. The van der Waals surface area contributed by atoms with Crippen LogP contribution in [0.2, 0.25) is 0 Å². The standard InChI is InChI=1S/C9H9BrN2O/c10-8-1-2-9(13-4-3-11)7(5-8)6-12/h1-2,5H,3-4,11H2. The Kier molecular flexibility index (Phi) is 3.74. The summed E-state index contributed by atoms with van der Waals surface area (Å²) < 4.78 is 6.13. The Labute approximate surface area is 85.2 Å². The summed E-state index contributed by atoms with van der Waals surface area (Å²) in [5.41, 5.74) is 5.80. The predicted octanol–water partition coefficient (Wildman–Crippen LogP) is 1.66. The molecular formula is C9H9BrN2O. The molecule has 68 valence electrons. The van der Waals surface area contributed by atoms with Gasteiger partial charge in [-0.3, -0.25) is 0 Å². The molecule has 3 nitrogen and oxygen atoms in total. The van der Waals surface area contributed by atoms with E-state index in [1.807, 2.05) is 12.1 Å². The molecule has 1 rings (SSSR count). The molecule has 0 heterocycles. The van der Waals surface area contributed by atoms with Crippen molar-refractivity contribution in [2.45, 2.75) is 0 Å². The molecule has 0 saturated heterocycles. The quantitative estimate of drug-likeness (QED) is 0.875. The van der Waals surface area contributed by atoms with Crippen molar-refractivity contribution in [1.29, 1.82) is 5.26 Å². The molecule has 13 heavy (non-hydrogen) atoms. The third-order valence-corrected chi connectivity index (χ3v) is 1.93. The second-order valence-corrected chi connectivity index (χ2v) is 3.31. The Morgan fingerprint density at radius 3 is 2.92 bits per heavy atom. The largest absolute Gasteiger partial charge is 0.491 e. The van der Waals surface area contributed by atoms with E-state index < -0.39 is 0 Å². The molecule has 4 heteroatoms. The highest BCUT2D eigenvalue weighted by molar-refractivity contribution is 9.10. The Hall–Kier alpha value is -1.05. The number of nitriles is 1. The molecule has 0 radical (unpaired) electrons. The lowest BCUT2D eigenvalue weighted by Crippen LogP contribution is -2.11. The molecule has 0 spiro atoms. The smallest absolute Gasteiger partial charge is 0.137 e. The first-order valence-corrected chi connectivity index (χ1v) is 4.59. The molecule has 0 unspecified atom stereocenters. The number of nitrogens with zero attached hydrogens (tertiary/aromatic N) is 1. The second kappa shape index (κ2) is 4.85. The number of hydrogen-bond donors (Lipinski definition) is 1. The van der Waals surface area contributed by atoms with E-state index in [-0.39, 0.29) is 0 Å². The maximum atomic E-state index is 8.76. The van der Waals surface area contributed by atoms with Gasteiger partial charge in [0, 0.05) is 11.0 Å². The van der Waals surface area contributed by atoms with E-state index in [1.54, 1.807) is 12.1 Å². The summed E-state index contributed by atoms with van der Waals surface area (Å²) >= 11 is 3.27. The minimum absolute atomic E-state index is 0.427. The maximum absolute atomic E-state index is 8.76. The first-order valence-electron chi connectivity index (χ1n) is 3.80. The number of nitrogens with two attached hydrogens (primary N) is 1. The average Bonchev–Trinajstić information content (AvgIpc) is 2.16. The van der Waals surface area contributed by atoms with Crippen LogP contribution in [0.3, 0.4) is 0 Å². The van der Waals surface area contributed by atoms with Crippen LogP contribution < -0.4 is 10.5 Å². The van der Waals surface area contributed by atoms with Gasteiger partial charge in [0.05, 0.1) is 5.56 Å². The Morgan fingerprint density at radius 2 is 2.31 bits per heavy atom. The van der Waals surface area contributed by atoms with Crippen LogP contribution in [0.15, 0.2) is 22.7 Å². The molecule has 0 aliphatic heterocycles. The zero-order valence-corrected chi connectivity index (χ0v) is 8.54. The molecule has 0 bridgehead atoms. The first-order chi connectivity index (χ1) is 6.27. The van der Waals surface area contributed by atoms with Gasteiger partial charge >= 0.3 is 0 Å². The predicted molar refractivity (Wildman–Crippen MR) is 53.4 cm³/mol. The summed E-state index contributed by atoms with van der Waals surface area (Å²) in [6.07, 6.45) is 0. The van der Waals surface area contributed by atoms with Crippen molar-refractivity contribution in [1.82, 2.24) is 0 Å². The van der Waals surface area contributed by atoms with Crippen molar-refractivity contribution in [3.8, 4) is 11.8 Å². The third-order valence-electron chi connectivity index (χ3n) is 1.44. The lowest BCUT2D eigenvalue weighted by molar-refractivity contribution is 0.327. The first kappa shape index (κ1) is 10.0. The van der Waals surface area contributed by atoms with Crippen LogP contribution >= 0.6 is 15.9 Å². The van der Waals surface area contributed by atoms with Crippen LogP contribution in [0.4, 0.5) is 0 Å². The van der Waals surface area contributed by atoms with Gasteiger partial charge in [0.1, 0.15) is 18.4 Å². The number of rotatable bonds is 3. The van der Waals surface area contributed by atoms with Crippen LogP contribution in [-0.4, -0.2) is 13.2 Å². The van der Waals surface area contributed by atoms with Crippen molar-refractivity contribution in [3.05, 3.63) is 28.2 Å². The number of hydrogen-bond acceptors (Lipinski definition) is 3. The van der Waals surface area contributed by atoms with Crippen molar-refractivity contribution < 1.29 is 4.74 Å². The van der Waals surface area contributed by atoms with E-state index in [4.69, 9.17) is 15.7 Å². The highest BCUT2D eigenvalue weighted by Crippen LogP contribution is 2.21. The van der Waals surface area contributed by atoms with E-state index in [0.29, 0.717) is 24.5 Å². The second-order valence-electron chi connectivity index (χ2n) is 2.39. The Morgan fingerprint density at radius 1 is 1.54 bits per heavy atom. The molecule has 0 amide bonds. The van der Waals surface area contributed by atoms with Crippen molar-refractivity contribution in [2.75, 3.05) is 13.2 Å². The summed E-state index contributed by atoms with van der Waals surface area (Å²) in [7, 11) is 0. The number of halogens is 1. The third kappa shape index (κ3) is 2.72. The molecule has 0 aliphatic rings. The molecular weight excluding hydrogens is 232 g/mol. The number of benzene rings is 1. The summed E-state index contributed by atoms with van der Waals surface area (Å²) in [6, 6.07) is 7.34. The van der Waals surface area contributed by atoms with Gasteiger partial charge in [0.25, 0.3) is 0 Å². The summed E-state index contributed by atoms with van der Waals surface area (Å²) in [5.74, 6) is 0.580. The van der Waals surface area contributed by atoms with Gasteiger partial charge in [-0.25, -0.2) is 0 Å². The van der Waals surface area contributed by atoms with Gasteiger partial charge in [-0.2, -0.15) is 5.26 Å². The van der Waals surface area contributed by atoms with Gasteiger partial charge in [-0.1, -0.05) is 15.9 Å². The zero-order chi connectivity index (χ0) is 9.68. The van der Waals surface area contributed by atoms with E-state index >= 15 is 0 Å². The van der Waals surface area contributed by atoms with Gasteiger partial charge in [-0.05, 0) is 18.2 Å². The van der Waals surface area contributed by atoms with Gasteiger partial charge < -0.3 is 10.5 Å². The fourth-order valence-electron chi connectivity index (χ4n) is 0.884. The Bertz CT molecular complexity index is 333. The minimum atomic E-state index is 0.427. The molecule has 0 atom stereocenters. The molecule has 1 aromatic carbocycles. The molecule has 0 saturated carbocycles. The summed E-state index contributed by atoms with van der Waals surface area (Å²) in [6.45, 7) is 0.872. The lowest BCUT2D eigenvalue weighted by Gasteiger charge is -2.05. The van der Waals surface area contributed by atoms with E-state index in [9.17, 15) is 0 Å². The van der Waals surface area contributed by atoms with E-state index in [2.05, 4.69) is 15.9 Å². The monoisotopic (exact) mass is 240 g/mol. The van der Waals surface area contributed by atoms with Crippen LogP contribution in [0.25, 0.3) is 0 Å². The average molecular weight is 241 g/mol. The number of ether oxygens (including phenoxy) is 1. The normalized spacial score (nSPS) is 9.31. The van der Waals surface area contributed by atoms with Crippen molar-refractivity contribution in [2.24, 2.45) is 5.73 Å². The fourth-order valence-corrected chi connectivity index (χ4v) is 1.25. The SMILES string of the molecule is N#Cc1cc(Br)ccc1OCCN. The lowest BCUT2D eigenvalue weighted by atomic mass is 10.2. The zero-order valence-electron chi connectivity index (χ0n) is 6.96. The summed E-state index contributed by atoms with van der Waals surface area (Å²) in [4.78, 5) is 0. The molecule has 0 aliphatic carbocycles. The van der Waals surface area contributed by atoms with E-state index in [0.717, 1.165) is 4.47 Å². The van der Waals surface area contributed by atoms with Gasteiger partial charge in [0.2, 0.25) is 0 Å². The minimum Gasteiger partial charge on any atom is -0.491 e.